The van der Waals surface area contributed by atoms with Gasteiger partial charge in [0.25, 0.3) is 0 Å². The highest BCUT2D eigenvalue weighted by Crippen LogP contribution is 2.57. The number of nitrogens with zero attached hydrogens (tertiary/aromatic N) is 2. The molecule has 0 spiro atoms. The second-order valence-electron chi connectivity index (χ2n) is 10.2. The normalized spacial score (nSPS) is 23.2. The van der Waals surface area contributed by atoms with Crippen LogP contribution in [0.25, 0.3) is 10.2 Å². The molecular formula is C31H29N3O3S. The maximum Gasteiger partial charge on any atom is 0.320 e. The fraction of sp³-hybridized carbons (Fsp3) is 0.290. The third-order valence-electron chi connectivity index (χ3n) is 7.88. The number of aromatic nitrogens is 2. The van der Waals surface area contributed by atoms with Crippen LogP contribution in [0.4, 0.5) is 0 Å². The predicted octanol–water partition coefficient (Wildman–Crippen LogP) is 5.70. The number of allylic oxidation sites excluding steroid dienone is 2. The highest BCUT2D eigenvalue weighted by molar-refractivity contribution is 7.16. The maximum atomic E-state index is 14.7. The van der Waals surface area contributed by atoms with Crippen molar-refractivity contribution in [3.63, 3.8) is 0 Å². The third-order valence-corrected chi connectivity index (χ3v) is 8.80. The van der Waals surface area contributed by atoms with Crippen molar-refractivity contribution >= 4 is 33.3 Å². The second-order valence-corrected chi connectivity index (χ2v) is 11.1. The molecule has 6 rings (SSSR count). The quantitative estimate of drug-likeness (QED) is 0.313. The summed E-state index contributed by atoms with van der Waals surface area (Å²) < 4.78 is 6.19. The minimum atomic E-state index is -1.18. The second kappa shape index (κ2) is 9.80. The number of benzene rings is 1. The molecular weight excluding hydrogens is 494 g/mol. The fourth-order valence-electron chi connectivity index (χ4n) is 6.13. The number of pyridine rings is 2. The number of rotatable bonds is 7. The number of nitrogens with one attached hydrogen (secondary N) is 1. The third kappa shape index (κ3) is 4.02. The Labute approximate surface area is 225 Å². The molecule has 4 aromatic rings. The number of hydrogen-bond acceptors (Lipinski definition) is 7. The number of Topliss-reactive ketones (excluding diaryl/α,β-unsaturated/α-hetero) is 1. The lowest BCUT2D eigenvalue weighted by atomic mass is 9.57. The standard InChI is InChI=1S/C31H29N3O3S/c1-19-26(20(2)35)27(25-18-38-29-24(25)9-6-14-33-29)31(23-12-15-32-16-13-23,28(34-19)22-10-11-22)30(36)37-17-21-7-4-3-5-8-21/h3-9,12-16,18,22,27-28,34H,10-11,17H2,1-2H3. The van der Waals surface area contributed by atoms with Gasteiger partial charge in [0.2, 0.25) is 0 Å². The summed E-state index contributed by atoms with van der Waals surface area (Å²) in [4.78, 5) is 37.8. The van der Waals surface area contributed by atoms with Crippen LogP contribution >= 0.6 is 11.3 Å². The van der Waals surface area contributed by atoms with Crippen molar-refractivity contribution in [1.82, 2.24) is 15.3 Å². The van der Waals surface area contributed by atoms with Crippen LogP contribution in [0, 0.1) is 5.92 Å². The summed E-state index contributed by atoms with van der Waals surface area (Å²) in [5.41, 5.74) is 2.90. The van der Waals surface area contributed by atoms with E-state index in [0.717, 1.165) is 45.4 Å². The first-order valence-electron chi connectivity index (χ1n) is 12.9. The van der Waals surface area contributed by atoms with E-state index in [0.29, 0.717) is 5.57 Å². The molecule has 7 heteroatoms. The maximum absolute atomic E-state index is 14.7. The van der Waals surface area contributed by atoms with E-state index in [-0.39, 0.29) is 30.3 Å². The molecule has 0 saturated heterocycles. The first-order chi connectivity index (χ1) is 18.5. The van der Waals surface area contributed by atoms with Gasteiger partial charge in [0.15, 0.2) is 5.78 Å². The predicted molar refractivity (Wildman–Crippen MR) is 148 cm³/mol. The Hall–Kier alpha value is -3.84. The topological polar surface area (TPSA) is 81.2 Å². The van der Waals surface area contributed by atoms with Crippen molar-refractivity contribution in [1.29, 1.82) is 0 Å². The highest BCUT2D eigenvalue weighted by atomic mass is 32.1. The minimum absolute atomic E-state index is 0.0632. The molecule has 0 radical (unpaired) electrons. The molecule has 0 amide bonds. The van der Waals surface area contributed by atoms with Gasteiger partial charge in [-0.2, -0.15) is 0 Å². The van der Waals surface area contributed by atoms with Gasteiger partial charge in [0.1, 0.15) is 16.9 Å². The molecule has 1 aliphatic heterocycles. The van der Waals surface area contributed by atoms with E-state index in [9.17, 15) is 9.59 Å². The molecule has 1 saturated carbocycles. The van der Waals surface area contributed by atoms with E-state index in [4.69, 9.17) is 4.74 Å². The molecule has 3 unspecified atom stereocenters. The highest BCUT2D eigenvalue weighted by Gasteiger charge is 2.62. The summed E-state index contributed by atoms with van der Waals surface area (Å²) in [5, 5.41) is 6.67. The van der Waals surface area contributed by atoms with Crippen LogP contribution in [0.1, 0.15) is 49.3 Å². The number of carbonyl (C=O) groups excluding carboxylic acids is 2. The van der Waals surface area contributed by atoms with Gasteiger partial charge in [-0.15, -0.1) is 11.3 Å². The van der Waals surface area contributed by atoms with Gasteiger partial charge in [-0.05, 0) is 72.9 Å². The van der Waals surface area contributed by atoms with E-state index >= 15 is 0 Å². The summed E-state index contributed by atoms with van der Waals surface area (Å²) >= 11 is 1.54. The zero-order valence-corrected chi connectivity index (χ0v) is 22.2. The van der Waals surface area contributed by atoms with Crippen LogP contribution in [-0.4, -0.2) is 27.8 Å². The molecule has 1 aliphatic carbocycles. The van der Waals surface area contributed by atoms with Crippen molar-refractivity contribution in [2.75, 3.05) is 0 Å². The van der Waals surface area contributed by atoms with Crippen LogP contribution in [0.5, 0.6) is 0 Å². The first kappa shape index (κ1) is 24.5. The SMILES string of the molecule is CC(=O)C1=C(C)NC(C2CC2)C(C(=O)OCc2ccccc2)(c2ccncc2)C1c1csc2ncccc12. The number of hydrogen-bond donors (Lipinski definition) is 1. The van der Waals surface area contributed by atoms with Crippen molar-refractivity contribution in [3.8, 4) is 0 Å². The minimum Gasteiger partial charge on any atom is -0.460 e. The molecule has 3 aromatic heterocycles. The van der Waals surface area contributed by atoms with Crippen LogP contribution < -0.4 is 5.32 Å². The monoisotopic (exact) mass is 523 g/mol. The van der Waals surface area contributed by atoms with E-state index < -0.39 is 11.3 Å². The van der Waals surface area contributed by atoms with Crippen molar-refractivity contribution in [3.05, 3.63) is 107 Å². The summed E-state index contributed by atoms with van der Waals surface area (Å²) in [6.45, 7) is 3.70. The van der Waals surface area contributed by atoms with Gasteiger partial charge in [-0.25, -0.2) is 4.98 Å². The molecule has 0 bridgehead atoms. The average Bonchev–Trinajstić information content (AvgIpc) is 3.70. The van der Waals surface area contributed by atoms with Crippen molar-refractivity contribution in [2.45, 2.75) is 50.7 Å². The average molecular weight is 524 g/mol. The lowest BCUT2D eigenvalue weighted by Crippen LogP contribution is -2.62. The number of carbonyl (C=O) groups is 2. The molecule has 2 aliphatic rings. The molecule has 38 heavy (non-hydrogen) atoms. The Morgan fingerprint density at radius 1 is 1.05 bits per heavy atom. The van der Waals surface area contributed by atoms with E-state index in [1.54, 1.807) is 25.5 Å². The van der Waals surface area contributed by atoms with Gasteiger partial charge in [0, 0.05) is 47.2 Å². The van der Waals surface area contributed by atoms with Gasteiger partial charge >= 0.3 is 5.97 Å². The number of ether oxygens (including phenoxy) is 1. The summed E-state index contributed by atoms with van der Waals surface area (Å²) in [5.74, 6) is -0.667. The lowest BCUT2D eigenvalue weighted by molar-refractivity contribution is -0.155. The Kier molecular flexibility index (Phi) is 6.32. The van der Waals surface area contributed by atoms with Crippen LogP contribution in [0.15, 0.2) is 89.8 Å². The molecule has 3 atom stereocenters. The molecule has 1 aromatic carbocycles. The van der Waals surface area contributed by atoms with Crippen LogP contribution in [0.2, 0.25) is 0 Å². The largest absolute Gasteiger partial charge is 0.460 e. The van der Waals surface area contributed by atoms with Crippen LogP contribution in [-0.2, 0) is 26.3 Å². The Bertz CT molecular complexity index is 1530. The number of fused-ring (bicyclic) bond motifs is 1. The Morgan fingerprint density at radius 2 is 1.82 bits per heavy atom. The number of ketones is 1. The van der Waals surface area contributed by atoms with Gasteiger partial charge in [-0.3, -0.25) is 14.6 Å². The molecule has 6 nitrogen and oxygen atoms in total. The zero-order chi connectivity index (χ0) is 26.3. The zero-order valence-electron chi connectivity index (χ0n) is 21.4. The van der Waals surface area contributed by atoms with Crippen LogP contribution in [0.3, 0.4) is 0 Å². The Balaban J connectivity index is 1.62. The summed E-state index contributed by atoms with van der Waals surface area (Å²) in [7, 11) is 0. The lowest BCUT2D eigenvalue weighted by Gasteiger charge is -2.49. The van der Waals surface area contributed by atoms with E-state index in [2.05, 4.69) is 20.7 Å². The summed E-state index contributed by atoms with van der Waals surface area (Å²) in [6, 6.07) is 17.2. The number of esters is 1. The Morgan fingerprint density at radius 3 is 2.53 bits per heavy atom. The smallest absolute Gasteiger partial charge is 0.320 e. The fourth-order valence-corrected chi connectivity index (χ4v) is 7.06. The molecule has 1 N–H and O–H groups in total. The van der Waals surface area contributed by atoms with Gasteiger partial charge < -0.3 is 10.1 Å². The van der Waals surface area contributed by atoms with E-state index in [1.807, 2.05) is 61.5 Å². The molecule has 192 valence electrons. The van der Waals surface area contributed by atoms with Gasteiger partial charge in [0.05, 0.1) is 0 Å². The first-order valence-corrected chi connectivity index (χ1v) is 13.8. The molecule has 1 fully saturated rings. The van der Waals surface area contributed by atoms with E-state index in [1.165, 1.54) is 11.3 Å². The van der Waals surface area contributed by atoms with Gasteiger partial charge in [-0.1, -0.05) is 36.4 Å². The van der Waals surface area contributed by atoms with Crippen molar-refractivity contribution in [2.24, 2.45) is 5.92 Å². The number of thiophene rings is 1. The summed E-state index contributed by atoms with van der Waals surface area (Å²) in [6.07, 6.45) is 7.23. The van der Waals surface area contributed by atoms with Crippen molar-refractivity contribution < 1.29 is 14.3 Å². The molecule has 4 heterocycles.